The van der Waals surface area contributed by atoms with Crippen molar-refractivity contribution in [1.82, 2.24) is 0 Å². The van der Waals surface area contributed by atoms with E-state index in [1.54, 1.807) is 0 Å². The first-order valence-corrected chi connectivity index (χ1v) is 7.54. The van der Waals surface area contributed by atoms with Gasteiger partial charge >= 0.3 is 7.12 Å². The van der Waals surface area contributed by atoms with Crippen LogP contribution in [0.5, 0.6) is 0 Å². The summed E-state index contributed by atoms with van der Waals surface area (Å²) in [6.07, 6.45) is 2.30. The second-order valence-electron chi connectivity index (χ2n) is 7.05. The molecule has 0 aliphatic carbocycles. The van der Waals surface area contributed by atoms with Gasteiger partial charge in [0.1, 0.15) is 0 Å². The van der Waals surface area contributed by atoms with Crippen molar-refractivity contribution in [3.05, 3.63) is 23.8 Å². The fourth-order valence-electron chi connectivity index (χ4n) is 2.86. The van der Waals surface area contributed by atoms with Gasteiger partial charge in [-0.05, 0) is 53.0 Å². The van der Waals surface area contributed by atoms with Crippen molar-refractivity contribution < 1.29 is 9.31 Å². The number of hydrogen-bond donors (Lipinski definition) is 1. The lowest BCUT2D eigenvalue weighted by atomic mass is 9.75. The van der Waals surface area contributed by atoms with E-state index in [2.05, 4.69) is 58.1 Å². The highest BCUT2D eigenvalue weighted by Crippen LogP contribution is 2.37. The molecule has 1 aromatic rings. The van der Waals surface area contributed by atoms with Crippen LogP contribution in [0.25, 0.3) is 0 Å². The molecule has 2 heterocycles. The van der Waals surface area contributed by atoms with Gasteiger partial charge in [-0.2, -0.15) is 0 Å². The summed E-state index contributed by atoms with van der Waals surface area (Å²) >= 11 is 0. The molecule has 1 saturated heterocycles. The van der Waals surface area contributed by atoms with Crippen molar-refractivity contribution in [2.75, 3.05) is 5.32 Å². The fraction of sp³-hybridized carbons (Fsp3) is 0.625. The first-order valence-electron chi connectivity index (χ1n) is 7.54. The number of anilines is 1. The summed E-state index contributed by atoms with van der Waals surface area (Å²) in [4.78, 5) is 0. The second-order valence-corrected chi connectivity index (χ2v) is 7.05. The van der Waals surface area contributed by atoms with Gasteiger partial charge in [0.05, 0.1) is 11.2 Å². The van der Waals surface area contributed by atoms with E-state index < -0.39 is 0 Å². The number of para-hydroxylation sites is 1. The van der Waals surface area contributed by atoms with Crippen LogP contribution in [0.1, 0.15) is 46.6 Å². The number of benzene rings is 1. The molecular weight excluding hydrogens is 249 g/mol. The lowest BCUT2D eigenvalue weighted by Gasteiger charge is -2.32. The summed E-state index contributed by atoms with van der Waals surface area (Å²) in [7, 11) is -0.284. The lowest BCUT2D eigenvalue weighted by molar-refractivity contribution is 0.00578. The molecule has 0 bridgehead atoms. The van der Waals surface area contributed by atoms with Crippen molar-refractivity contribution in [2.45, 2.75) is 64.7 Å². The molecule has 0 unspecified atom stereocenters. The summed E-state index contributed by atoms with van der Waals surface area (Å²) in [5.74, 6) is 0. The van der Waals surface area contributed by atoms with Crippen molar-refractivity contribution in [3.8, 4) is 0 Å². The second kappa shape index (κ2) is 4.50. The molecule has 4 heteroatoms. The quantitative estimate of drug-likeness (QED) is 0.798. The Morgan fingerprint density at radius 2 is 1.80 bits per heavy atom. The highest BCUT2D eigenvalue weighted by atomic mass is 16.7. The Balaban J connectivity index is 1.97. The highest BCUT2D eigenvalue weighted by molar-refractivity contribution is 6.64. The first-order chi connectivity index (χ1) is 9.30. The SMILES string of the molecule is C[C@H]1CCc2cccc(B3OC(C)(C)C(C)(C)O3)c2N1. The average molecular weight is 273 g/mol. The third-order valence-electron chi connectivity index (χ3n) is 4.93. The predicted octanol–water partition coefficient (Wildman–Crippen LogP) is 2.73. The van der Waals surface area contributed by atoms with Crippen molar-refractivity contribution >= 4 is 18.3 Å². The number of hydrogen-bond acceptors (Lipinski definition) is 3. The van der Waals surface area contributed by atoms with Crippen molar-refractivity contribution in [1.29, 1.82) is 0 Å². The Kier molecular flexibility index (Phi) is 3.14. The largest absolute Gasteiger partial charge is 0.496 e. The molecule has 1 aromatic carbocycles. The van der Waals surface area contributed by atoms with E-state index in [0.29, 0.717) is 6.04 Å². The van der Waals surface area contributed by atoms with Crippen LogP contribution in [0.3, 0.4) is 0 Å². The maximum Gasteiger partial charge on any atom is 0.496 e. The zero-order chi connectivity index (χ0) is 14.5. The van der Waals surface area contributed by atoms with Gasteiger partial charge in [-0.1, -0.05) is 18.2 Å². The average Bonchev–Trinajstić information content (AvgIpc) is 2.57. The normalized spacial score (nSPS) is 27.1. The number of fused-ring (bicyclic) bond motifs is 1. The summed E-state index contributed by atoms with van der Waals surface area (Å²) in [5.41, 5.74) is 3.13. The van der Waals surface area contributed by atoms with Gasteiger partial charge < -0.3 is 14.6 Å². The zero-order valence-electron chi connectivity index (χ0n) is 13.1. The number of aryl methyl sites for hydroxylation is 1. The molecule has 1 N–H and O–H groups in total. The van der Waals surface area contributed by atoms with Gasteiger partial charge in [-0.3, -0.25) is 0 Å². The number of nitrogens with one attached hydrogen (secondary N) is 1. The van der Waals surface area contributed by atoms with E-state index in [-0.39, 0.29) is 18.3 Å². The molecule has 0 aromatic heterocycles. The summed E-state index contributed by atoms with van der Waals surface area (Å²) in [5, 5.41) is 3.60. The minimum atomic E-state index is -0.291. The minimum absolute atomic E-state index is 0.284. The summed E-state index contributed by atoms with van der Waals surface area (Å²) in [6.45, 7) is 10.6. The Morgan fingerprint density at radius 1 is 1.15 bits per heavy atom. The Hall–Kier alpha value is -0.995. The smallest absolute Gasteiger partial charge is 0.399 e. The third kappa shape index (κ3) is 2.15. The summed E-state index contributed by atoms with van der Waals surface area (Å²) in [6, 6.07) is 6.93. The van der Waals surface area contributed by atoms with Crippen LogP contribution in [-0.4, -0.2) is 24.4 Å². The minimum Gasteiger partial charge on any atom is -0.399 e. The topological polar surface area (TPSA) is 30.5 Å². The molecule has 2 aliphatic rings. The van der Waals surface area contributed by atoms with Gasteiger partial charge in [-0.15, -0.1) is 0 Å². The van der Waals surface area contributed by atoms with Crippen molar-refractivity contribution in [3.63, 3.8) is 0 Å². The third-order valence-corrected chi connectivity index (χ3v) is 4.93. The molecule has 3 rings (SSSR count). The van der Waals surface area contributed by atoms with Crippen LogP contribution >= 0.6 is 0 Å². The highest BCUT2D eigenvalue weighted by Gasteiger charge is 2.52. The van der Waals surface area contributed by atoms with Crippen LogP contribution in [0.2, 0.25) is 0 Å². The van der Waals surface area contributed by atoms with Gasteiger partial charge in [0, 0.05) is 17.2 Å². The Labute approximate surface area is 122 Å². The molecule has 108 valence electrons. The van der Waals surface area contributed by atoms with Crippen LogP contribution in [0.15, 0.2) is 18.2 Å². The van der Waals surface area contributed by atoms with E-state index in [0.717, 1.165) is 11.9 Å². The standard InChI is InChI=1S/C16H24BNO2/c1-11-9-10-12-7-6-8-13(14(12)18-11)17-19-15(2,3)16(4,5)20-17/h6-8,11,18H,9-10H2,1-5H3/t11-/m0/s1. The summed E-state index contributed by atoms with van der Waals surface area (Å²) < 4.78 is 12.4. The Morgan fingerprint density at radius 3 is 2.45 bits per heavy atom. The van der Waals surface area contributed by atoms with Crippen LogP contribution in [0.4, 0.5) is 5.69 Å². The molecule has 1 fully saturated rings. The van der Waals surface area contributed by atoms with E-state index in [9.17, 15) is 0 Å². The molecule has 0 amide bonds. The molecule has 0 spiro atoms. The monoisotopic (exact) mass is 273 g/mol. The Bertz CT molecular complexity index is 511. The van der Waals surface area contributed by atoms with E-state index >= 15 is 0 Å². The zero-order valence-corrected chi connectivity index (χ0v) is 13.1. The van der Waals surface area contributed by atoms with Crippen LogP contribution in [0, 0.1) is 0 Å². The molecule has 20 heavy (non-hydrogen) atoms. The number of rotatable bonds is 1. The molecule has 2 aliphatic heterocycles. The maximum absolute atomic E-state index is 6.19. The first kappa shape index (κ1) is 14.0. The molecular formula is C16H24BNO2. The molecule has 3 nitrogen and oxygen atoms in total. The van der Waals surface area contributed by atoms with E-state index in [4.69, 9.17) is 9.31 Å². The fourth-order valence-corrected chi connectivity index (χ4v) is 2.86. The van der Waals surface area contributed by atoms with E-state index in [1.807, 2.05) is 0 Å². The predicted molar refractivity (Wildman–Crippen MR) is 83.6 cm³/mol. The van der Waals surface area contributed by atoms with Crippen LogP contribution < -0.4 is 10.8 Å². The van der Waals surface area contributed by atoms with Gasteiger partial charge in [0.25, 0.3) is 0 Å². The van der Waals surface area contributed by atoms with Gasteiger partial charge in [-0.25, -0.2) is 0 Å². The van der Waals surface area contributed by atoms with Gasteiger partial charge in [0.15, 0.2) is 0 Å². The molecule has 0 radical (unpaired) electrons. The van der Waals surface area contributed by atoms with Crippen molar-refractivity contribution in [2.24, 2.45) is 0 Å². The molecule has 1 atom stereocenters. The van der Waals surface area contributed by atoms with Gasteiger partial charge in [0.2, 0.25) is 0 Å². The lowest BCUT2D eigenvalue weighted by Crippen LogP contribution is -2.41. The molecule has 0 saturated carbocycles. The maximum atomic E-state index is 6.19. The van der Waals surface area contributed by atoms with Crippen LogP contribution in [-0.2, 0) is 15.7 Å². The van der Waals surface area contributed by atoms with E-state index in [1.165, 1.54) is 17.7 Å².